The van der Waals surface area contributed by atoms with E-state index < -0.39 is 66.3 Å². The molecular weight excluding hydrogens is 470 g/mol. The van der Waals surface area contributed by atoms with Gasteiger partial charge in [0.2, 0.25) is 23.6 Å². The Balaban J connectivity index is 3.04. The number of hydrogen-bond donors (Lipinski definition) is 8. The molecule has 5 atom stereocenters. The number of carbonyl (C=O) groups is 5. The Bertz CT molecular complexity index is 850. The summed E-state index contributed by atoms with van der Waals surface area (Å²) in [5.74, 6) is -4.27. The SMILES string of the molecule is CSCCC(N)C(=O)NC(CC(N)=O)C(=O)NC(Cc1cnc[nH]1)C(=O)NC(C(=O)O)C(C)O. The molecule has 5 unspecified atom stereocenters. The van der Waals surface area contributed by atoms with E-state index in [1.165, 1.54) is 31.2 Å². The number of thioether (sulfide) groups is 1. The van der Waals surface area contributed by atoms with E-state index >= 15 is 0 Å². The minimum atomic E-state index is -1.63. The molecule has 1 aromatic heterocycles. The predicted octanol–water partition coefficient (Wildman–Crippen LogP) is -3.17. The van der Waals surface area contributed by atoms with Gasteiger partial charge in [-0.25, -0.2) is 9.78 Å². The van der Waals surface area contributed by atoms with Crippen LogP contribution in [0.5, 0.6) is 0 Å². The average molecular weight is 502 g/mol. The molecule has 0 aliphatic heterocycles. The Hall–Kier alpha value is -3.17. The van der Waals surface area contributed by atoms with Crippen molar-refractivity contribution in [2.45, 2.75) is 56.5 Å². The van der Waals surface area contributed by atoms with Crippen LogP contribution in [0.4, 0.5) is 0 Å². The lowest BCUT2D eigenvalue weighted by Crippen LogP contribution is -2.59. The summed E-state index contributed by atoms with van der Waals surface area (Å²) in [5.41, 5.74) is 11.4. The Kier molecular flexibility index (Phi) is 12.0. The first kappa shape index (κ1) is 28.9. The van der Waals surface area contributed by atoms with Crippen molar-refractivity contribution in [3.8, 4) is 0 Å². The second-order valence-corrected chi connectivity index (χ2v) is 8.51. The first-order valence-corrected chi connectivity index (χ1v) is 11.7. The minimum Gasteiger partial charge on any atom is -0.480 e. The molecule has 0 radical (unpaired) electrons. The van der Waals surface area contributed by atoms with Gasteiger partial charge in [-0.2, -0.15) is 11.8 Å². The number of nitrogens with two attached hydrogens (primary N) is 2. The number of imidazole rings is 1. The summed E-state index contributed by atoms with van der Waals surface area (Å²) in [6, 6.07) is -5.33. The molecule has 0 saturated carbocycles. The number of amides is 4. The van der Waals surface area contributed by atoms with Gasteiger partial charge >= 0.3 is 5.97 Å². The second-order valence-electron chi connectivity index (χ2n) is 7.53. The van der Waals surface area contributed by atoms with Crippen LogP contribution in [0, 0.1) is 0 Å². The summed E-state index contributed by atoms with van der Waals surface area (Å²) >= 11 is 1.48. The maximum Gasteiger partial charge on any atom is 0.328 e. The van der Waals surface area contributed by atoms with E-state index in [4.69, 9.17) is 11.5 Å². The molecule has 0 fully saturated rings. The number of aromatic nitrogens is 2. The van der Waals surface area contributed by atoms with E-state index in [0.29, 0.717) is 17.9 Å². The number of aliphatic hydroxyl groups is 1. The first-order valence-electron chi connectivity index (χ1n) is 10.3. The summed E-state index contributed by atoms with van der Waals surface area (Å²) in [4.78, 5) is 67.4. The Morgan fingerprint density at radius 3 is 2.24 bits per heavy atom. The molecule has 0 bridgehead atoms. The summed E-state index contributed by atoms with van der Waals surface area (Å²) in [7, 11) is 0. The zero-order chi connectivity index (χ0) is 25.8. The number of rotatable bonds is 15. The van der Waals surface area contributed by atoms with Gasteiger partial charge in [0.25, 0.3) is 0 Å². The largest absolute Gasteiger partial charge is 0.480 e. The third kappa shape index (κ3) is 9.76. The van der Waals surface area contributed by atoms with E-state index in [2.05, 4.69) is 25.9 Å². The number of nitrogens with one attached hydrogen (secondary N) is 4. The van der Waals surface area contributed by atoms with Crippen molar-refractivity contribution in [3.63, 3.8) is 0 Å². The lowest BCUT2D eigenvalue weighted by atomic mass is 10.1. The predicted molar refractivity (Wildman–Crippen MR) is 122 cm³/mol. The third-order valence-electron chi connectivity index (χ3n) is 4.67. The van der Waals surface area contributed by atoms with Crippen molar-refractivity contribution in [3.05, 3.63) is 18.2 Å². The monoisotopic (exact) mass is 501 g/mol. The van der Waals surface area contributed by atoms with Gasteiger partial charge in [-0.3, -0.25) is 19.2 Å². The van der Waals surface area contributed by atoms with E-state index in [1.807, 2.05) is 6.26 Å². The molecule has 0 spiro atoms. The highest BCUT2D eigenvalue weighted by atomic mass is 32.2. The number of aliphatic carboxylic acids is 1. The molecule has 14 nitrogen and oxygen atoms in total. The van der Waals surface area contributed by atoms with Crippen LogP contribution >= 0.6 is 11.8 Å². The molecule has 1 aromatic rings. The number of nitrogens with zero attached hydrogens (tertiary/aromatic N) is 1. The summed E-state index contributed by atoms with van der Waals surface area (Å²) in [6.45, 7) is 1.18. The average Bonchev–Trinajstić information content (AvgIpc) is 3.26. The third-order valence-corrected chi connectivity index (χ3v) is 5.31. The second kappa shape index (κ2) is 14.2. The quantitative estimate of drug-likeness (QED) is 0.120. The Morgan fingerprint density at radius 1 is 1.12 bits per heavy atom. The number of aromatic amines is 1. The van der Waals surface area contributed by atoms with Crippen molar-refractivity contribution in [2.24, 2.45) is 11.5 Å². The number of carbonyl (C=O) groups excluding carboxylic acids is 4. The van der Waals surface area contributed by atoms with Crippen molar-refractivity contribution in [1.82, 2.24) is 25.9 Å². The Labute approximate surface area is 200 Å². The molecule has 1 rings (SSSR count). The molecule has 4 amide bonds. The van der Waals surface area contributed by atoms with Gasteiger partial charge in [-0.1, -0.05) is 0 Å². The zero-order valence-electron chi connectivity index (χ0n) is 18.8. The Morgan fingerprint density at radius 2 is 1.74 bits per heavy atom. The van der Waals surface area contributed by atoms with E-state index in [9.17, 15) is 34.2 Å². The smallest absolute Gasteiger partial charge is 0.328 e. The fourth-order valence-electron chi connectivity index (χ4n) is 2.81. The van der Waals surface area contributed by atoms with Crippen LogP contribution in [-0.4, -0.2) is 92.1 Å². The summed E-state index contributed by atoms with van der Waals surface area (Å²) < 4.78 is 0. The number of primary amides is 1. The topological polar surface area (TPSA) is 243 Å². The highest BCUT2D eigenvalue weighted by Gasteiger charge is 2.32. The molecule has 0 aliphatic carbocycles. The van der Waals surface area contributed by atoms with Crippen molar-refractivity contribution < 1.29 is 34.2 Å². The maximum atomic E-state index is 12.9. The highest BCUT2D eigenvalue weighted by Crippen LogP contribution is 2.04. The van der Waals surface area contributed by atoms with Crippen LogP contribution in [-0.2, 0) is 30.4 Å². The number of H-pyrrole nitrogens is 1. The number of aliphatic hydroxyl groups excluding tert-OH is 1. The van der Waals surface area contributed by atoms with Crippen LogP contribution in [0.2, 0.25) is 0 Å². The molecule has 1 heterocycles. The zero-order valence-corrected chi connectivity index (χ0v) is 19.6. The molecule has 0 aliphatic rings. The molecule has 0 aromatic carbocycles. The number of carboxylic acids is 1. The molecular formula is C19H31N7O7S. The molecule has 190 valence electrons. The molecule has 34 heavy (non-hydrogen) atoms. The lowest BCUT2D eigenvalue weighted by Gasteiger charge is -2.25. The van der Waals surface area contributed by atoms with Crippen LogP contribution in [0.3, 0.4) is 0 Å². The molecule has 10 N–H and O–H groups in total. The van der Waals surface area contributed by atoms with E-state index in [-0.39, 0.29) is 6.42 Å². The fourth-order valence-corrected chi connectivity index (χ4v) is 3.30. The van der Waals surface area contributed by atoms with Gasteiger partial charge in [0.15, 0.2) is 6.04 Å². The van der Waals surface area contributed by atoms with Crippen LogP contribution < -0.4 is 27.4 Å². The molecule has 15 heteroatoms. The molecule has 0 saturated heterocycles. The van der Waals surface area contributed by atoms with Crippen molar-refractivity contribution in [2.75, 3.05) is 12.0 Å². The standard InChI is InChI=1S/C19H31N7O7S/c1-9(27)15(19(32)33)26-18(31)12(5-10-7-22-8-23-10)25-17(30)13(6-14(21)28)24-16(29)11(20)3-4-34-2/h7-9,11-13,15,27H,3-6,20H2,1-2H3,(H2,21,28)(H,22,23)(H,24,29)(H,25,30)(H,26,31)(H,32,33). The van der Waals surface area contributed by atoms with Crippen LogP contribution in [0.15, 0.2) is 12.5 Å². The van der Waals surface area contributed by atoms with Gasteiger partial charge in [-0.15, -0.1) is 0 Å². The van der Waals surface area contributed by atoms with Crippen LogP contribution in [0.1, 0.15) is 25.5 Å². The fraction of sp³-hybridized carbons (Fsp3) is 0.579. The number of carboxylic acid groups (broad SMARTS) is 1. The summed E-state index contributed by atoms with van der Waals surface area (Å²) in [5, 5.41) is 25.8. The van der Waals surface area contributed by atoms with Gasteiger partial charge in [0, 0.05) is 18.3 Å². The van der Waals surface area contributed by atoms with Crippen molar-refractivity contribution >= 4 is 41.4 Å². The van der Waals surface area contributed by atoms with Gasteiger partial charge in [0.05, 0.1) is 24.9 Å². The normalized spacial score (nSPS) is 15.3. The van der Waals surface area contributed by atoms with Gasteiger partial charge < -0.3 is 42.6 Å². The summed E-state index contributed by atoms with van der Waals surface area (Å²) in [6.07, 6.45) is 2.79. The van der Waals surface area contributed by atoms with E-state index in [1.54, 1.807) is 0 Å². The van der Waals surface area contributed by atoms with Crippen LogP contribution in [0.25, 0.3) is 0 Å². The number of hydrogen-bond acceptors (Lipinski definition) is 9. The highest BCUT2D eigenvalue weighted by molar-refractivity contribution is 7.98. The minimum absolute atomic E-state index is 0.131. The maximum absolute atomic E-state index is 12.9. The van der Waals surface area contributed by atoms with Gasteiger partial charge in [-0.05, 0) is 25.4 Å². The van der Waals surface area contributed by atoms with E-state index in [0.717, 1.165) is 0 Å². The first-order chi connectivity index (χ1) is 16.0. The lowest BCUT2D eigenvalue weighted by molar-refractivity contribution is -0.145. The van der Waals surface area contributed by atoms with Gasteiger partial charge in [0.1, 0.15) is 12.1 Å². The van der Waals surface area contributed by atoms with Crippen molar-refractivity contribution in [1.29, 1.82) is 0 Å².